The molecule has 1 N–H and O–H groups in total. The molecular formula is C13H12BrNO2S. The number of rotatable bonds is 4. The molecular weight excluding hydrogens is 314 g/mol. The highest BCUT2D eigenvalue weighted by Gasteiger charge is 2.14. The minimum Gasteiger partial charge on any atom is -0.481 e. The number of carboxylic acids is 1. The fourth-order valence-corrected chi connectivity index (χ4v) is 3.04. The average Bonchev–Trinajstić information content (AvgIpc) is 2.77. The molecule has 2 rings (SSSR count). The molecule has 2 aromatic rings. The molecule has 0 aliphatic rings. The molecule has 0 fully saturated rings. The van der Waals surface area contributed by atoms with E-state index in [-0.39, 0.29) is 0 Å². The van der Waals surface area contributed by atoms with Gasteiger partial charge in [-0.25, -0.2) is 4.98 Å². The fraction of sp³-hybridized carbons (Fsp3) is 0.231. The summed E-state index contributed by atoms with van der Waals surface area (Å²) >= 11 is 5.03. The van der Waals surface area contributed by atoms with Crippen molar-refractivity contribution >= 4 is 33.2 Å². The topological polar surface area (TPSA) is 50.2 Å². The number of carbonyl (C=O) groups is 1. The van der Waals surface area contributed by atoms with Crippen LogP contribution in [0.2, 0.25) is 0 Å². The first-order chi connectivity index (χ1) is 8.58. The summed E-state index contributed by atoms with van der Waals surface area (Å²) < 4.78 is 0.997. The predicted octanol–water partition coefficient (Wildman–Crippen LogP) is 3.84. The maximum Gasteiger partial charge on any atom is 0.306 e. The number of thiazole rings is 1. The zero-order chi connectivity index (χ0) is 13.1. The molecule has 0 bridgehead atoms. The first-order valence-corrected chi connectivity index (χ1v) is 7.17. The molecule has 0 radical (unpaired) electrons. The van der Waals surface area contributed by atoms with Crippen molar-refractivity contribution in [1.82, 2.24) is 4.98 Å². The molecule has 0 aliphatic carbocycles. The number of hydrogen-bond acceptors (Lipinski definition) is 3. The molecule has 3 nitrogen and oxygen atoms in total. The second-order valence-corrected chi connectivity index (χ2v) is 5.78. The van der Waals surface area contributed by atoms with Gasteiger partial charge in [0.05, 0.1) is 11.6 Å². The van der Waals surface area contributed by atoms with Crippen LogP contribution in [0.25, 0.3) is 10.6 Å². The van der Waals surface area contributed by atoms with Gasteiger partial charge in [-0.2, -0.15) is 0 Å². The van der Waals surface area contributed by atoms with E-state index in [4.69, 9.17) is 5.11 Å². The first-order valence-electron chi connectivity index (χ1n) is 5.50. The lowest BCUT2D eigenvalue weighted by atomic mass is 10.1. The molecule has 0 spiro atoms. The third-order valence-electron chi connectivity index (χ3n) is 2.59. The summed E-state index contributed by atoms with van der Waals surface area (Å²) in [6.45, 7) is 1.69. The molecule has 1 atom stereocenters. The van der Waals surface area contributed by atoms with Gasteiger partial charge in [0.15, 0.2) is 0 Å². The highest BCUT2D eigenvalue weighted by atomic mass is 79.9. The van der Waals surface area contributed by atoms with E-state index in [9.17, 15) is 4.79 Å². The third-order valence-corrected chi connectivity index (χ3v) is 4.21. The van der Waals surface area contributed by atoms with Crippen LogP contribution in [0.15, 0.2) is 34.1 Å². The van der Waals surface area contributed by atoms with Crippen molar-refractivity contribution in [3.05, 3.63) is 39.8 Å². The van der Waals surface area contributed by atoms with E-state index >= 15 is 0 Å². The van der Waals surface area contributed by atoms with E-state index < -0.39 is 11.9 Å². The molecule has 18 heavy (non-hydrogen) atoms. The number of carboxylic acid groups (broad SMARTS) is 1. The lowest BCUT2D eigenvalue weighted by molar-refractivity contribution is -0.141. The van der Waals surface area contributed by atoms with Crippen molar-refractivity contribution in [3.63, 3.8) is 0 Å². The summed E-state index contributed by atoms with van der Waals surface area (Å²) in [5.41, 5.74) is 1.87. The van der Waals surface area contributed by atoms with Gasteiger partial charge in [0.2, 0.25) is 0 Å². The normalized spacial score (nSPS) is 12.3. The molecule has 1 heterocycles. The lowest BCUT2D eigenvalue weighted by Gasteiger charge is -2.02. The largest absolute Gasteiger partial charge is 0.481 e. The zero-order valence-corrected chi connectivity index (χ0v) is 12.2. The summed E-state index contributed by atoms with van der Waals surface area (Å²) in [6, 6.07) is 7.87. The van der Waals surface area contributed by atoms with Gasteiger partial charge in [0.25, 0.3) is 0 Å². The summed E-state index contributed by atoms with van der Waals surface area (Å²) in [5.74, 6) is -1.19. The third kappa shape index (κ3) is 2.97. The van der Waals surface area contributed by atoms with E-state index in [1.807, 2.05) is 29.6 Å². The standard InChI is InChI=1S/C13H12BrNO2S/c1-8(13(16)17)6-9-7-18-12(15-9)10-4-2-3-5-11(10)14/h2-5,7-8H,6H2,1H3,(H,16,17). The number of aromatic nitrogens is 1. The van der Waals surface area contributed by atoms with Crippen molar-refractivity contribution in [1.29, 1.82) is 0 Å². The van der Waals surface area contributed by atoms with E-state index in [0.29, 0.717) is 6.42 Å². The van der Waals surface area contributed by atoms with Gasteiger partial charge in [-0.1, -0.05) is 41.1 Å². The molecule has 94 valence electrons. The van der Waals surface area contributed by atoms with Gasteiger partial charge in [-0.3, -0.25) is 4.79 Å². The van der Waals surface area contributed by atoms with Crippen molar-refractivity contribution in [3.8, 4) is 10.6 Å². The number of benzene rings is 1. The summed E-state index contributed by atoms with van der Waals surface area (Å²) in [4.78, 5) is 15.3. The van der Waals surface area contributed by atoms with Crippen LogP contribution in [0.1, 0.15) is 12.6 Å². The fourth-order valence-electron chi connectivity index (χ4n) is 1.56. The second kappa shape index (κ2) is 5.63. The quantitative estimate of drug-likeness (QED) is 0.929. The molecule has 1 aromatic heterocycles. The van der Waals surface area contributed by atoms with Gasteiger partial charge in [0.1, 0.15) is 5.01 Å². The van der Waals surface area contributed by atoms with Gasteiger partial charge in [0, 0.05) is 21.8 Å². The van der Waals surface area contributed by atoms with Crippen LogP contribution in [0, 0.1) is 5.92 Å². The minimum absolute atomic E-state index is 0.404. The smallest absolute Gasteiger partial charge is 0.306 e. The molecule has 0 amide bonds. The number of hydrogen-bond donors (Lipinski definition) is 1. The Morgan fingerprint density at radius 1 is 1.50 bits per heavy atom. The van der Waals surface area contributed by atoms with Gasteiger partial charge in [-0.05, 0) is 6.07 Å². The summed E-state index contributed by atoms with van der Waals surface area (Å²) in [5, 5.41) is 11.7. The molecule has 1 aromatic carbocycles. The van der Waals surface area contributed by atoms with Crippen LogP contribution in [0.5, 0.6) is 0 Å². The summed E-state index contributed by atoms with van der Waals surface area (Å²) in [6.07, 6.45) is 0.469. The lowest BCUT2D eigenvalue weighted by Crippen LogP contribution is -2.12. The Labute approximate surface area is 118 Å². The van der Waals surface area contributed by atoms with Gasteiger partial charge >= 0.3 is 5.97 Å². The Morgan fingerprint density at radius 2 is 2.22 bits per heavy atom. The molecule has 0 saturated heterocycles. The maximum absolute atomic E-state index is 10.8. The molecule has 5 heteroatoms. The van der Waals surface area contributed by atoms with Crippen molar-refractivity contribution in [2.45, 2.75) is 13.3 Å². The molecule has 0 saturated carbocycles. The Hall–Kier alpha value is -1.20. The first kappa shape index (κ1) is 13.2. The van der Waals surface area contributed by atoms with Crippen LogP contribution in [0.4, 0.5) is 0 Å². The van der Waals surface area contributed by atoms with Gasteiger partial charge in [-0.15, -0.1) is 11.3 Å². The Kier molecular flexibility index (Phi) is 4.14. The summed E-state index contributed by atoms with van der Waals surface area (Å²) in [7, 11) is 0. The number of halogens is 1. The number of nitrogens with zero attached hydrogens (tertiary/aromatic N) is 1. The zero-order valence-electron chi connectivity index (χ0n) is 9.76. The van der Waals surface area contributed by atoms with E-state index in [0.717, 1.165) is 20.7 Å². The van der Waals surface area contributed by atoms with E-state index in [1.165, 1.54) is 11.3 Å². The van der Waals surface area contributed by atoms with Crippen molar-refractivity contribution in [2.75, 3.05) is 0 Å². The second-order valence-electron chi connectivity index (χ2n) is 4.07. The SMILES string of the molecule is CC(Cc1csc(-c2ccccc2Br)n1)C(=O)O. The molecule has 0 aliphatic heterocycles. The number of aliphatic carboxylic acids is 1. The van der Waals surface area contributed by atoms with E-state index in [1.54, 1.807) is 6.92 Å². The highest BCUT2D eigenvalue weighted by Crippen LogP contribution is 2.30. The molecule has 1 unspecified atom stereocenters. The van der Waals surface area contributed by atoms with Crippen LogP contribution in [-0.4, -0.2) is 16.1 Å². The van der Waals surface area contributed by atoms with E-state index in [2.05, 4.69) is 20.9 Å². The Balaban J connectivity index is 2.21. The van der Waals surface area contributed by atoms with Crippen LogP contribution < -0.4 is 0 Å². The van der Waals surface area contributed by atoms with Crippen molar-refractivity contribution in [2.24, 2.45) is 5.92 Å². The minimum atomic E-state index is -0.787. The predicted molar refractivity (Wildman–Crippen MR) is 75.8 cm³/mol. The Morgan fingerprint density at radius 3 is 2.89 bits per heavy atom. The van der Waals surface area contributed by atoms with Crippen molar-refractivity contribution < 1.29 is 9.90 Å². The van der Waals surface area contributed by atoms with Crippen LogP contribution >= 0.6 is 27.3 Å². The average molecular weight is 326 g/mol. The van der Waals surface area contributed by atoms with Crippen LogP contribution in [0.3, 0.4) is 0 Å². The maximum atomic E-state index is 10.8. The van der Waals surface area contributed by atoms with Crippen LogP contribution in [-0.2, 0) is 11.2 Å². The highest BCUT2D eigenvalue weighted by molar-refractivity contribution is 9.10. The monoisotopic (exact) mass is 325 g/mol. The Bertz CT molecular complexity index is 568. The van der Waals surface area contributed by atoms with Gasteiger partial charge < -0.3 is 5.11 Å².